The van der Waals surface area contributed by atoms with E-state index in [1.165, 1.54) is 6.92 Å². The van der Waals surface area contributed by atoms with Gasteiger partial charge in [0.15, 0.2) is 0 Å². The van der Waals surface area contributed by atoms with Gasteiger partial charge in [0.1, 0.15) is 0 Å². The van der Waals surface area contributed by atoms with Crippen molar-refractivity contribution in [2.24, 2.45) is 5.92 Å². The Bertz CT molecular complexity index is 124. The maximum atomic E-state index is 13.0. The molecule has 0 N–H and O–H groups in total. The molecule has 2 unspecified atom stereocenters. The van der Waals surface area contributed by atoms with Crippen molar-refractivity contribution in [2.75, 3.05) is 0 Å². The van der Waals surface area contributed by atoms with E-state index < -0.39 is 11.2 Å². The highest BCUT2D eigenvalue weighted by Crippen LogP contribution is 2.31. The molecule has 74 valence electrons. The summed E-state index contributed by atoms with van der Waals surface area (Å²) < 4.78 is 26.1. The maximum absolute atomic E-state index is 13.0. The maximum Gasteiger partial charge on any atom is 0.259 e. The lowest BCUT2D eigenvalue weighted by molar-refractivity contribution is -0.0191. The zero-order valence-electron chi connectivity index (χ0n) is 7.98. The molecule has 0 aliphatic rings. The van der Waals surface area contributed by atoms with E-state index in [2.05, 4.69) is 12.6 Å². The van der Waals surface area contributed by atoms with Crippen LogP contribution in [0.4, 0.5) is 8.78 Å². The number of thiol groups is 1. The first-order chi connectivity index (χ1) is 5.40. The Hall–Kier alpha value is 0.210. The molecule has 0 amide bonds. The highest BCUT2D eigenvalue weighted by Gasteiger charge is 2.35. The monoisotopic (exact) mass is 196 g/mol. The number of alkyl halides is 2. The van der Waals surface area contributed by atoms with E-state index in [1.54, 1.807) is 0 Å². The van der Waals surface area contributed by atoms with Crippen molar-refractivity contribution in [3.05, 3.63) is 0 Å². The zero-order valence-corrected chi connectivity index (χ0v) is 8.87. The Morgan fingerprint density at radius 3 is 2.17 bits per heavy atom. The molecule has 3 heteroatoms. The van der Waals surface area contributed by atoms with E-state index in [-0.39, 0.29) is 12.3 Å². The van der Waals surface area contributed by atoms with E-state index in [9.17, 15) is 8.78 Å². The second kappa shape index (κ2) is 5.05. The van der Waals surface area contributed by atoms with Crippen molar-refractivity contribution >= 4 is 12.6 Å². The number of hydrogen-bond acceptors (Lipinski definition) is 1. The average Bonchev–Trinajstić information content (AvgIpc) is 1.85. The Labute approximate surface area is 79.1 Å². The van der Waals surface area contributed by atoms with Crippen molar-refractivity contribution in [1.29, 1.82) is 0 Å². The van der Waals surface area contributed by atoms with Crippen LogP contribution in [0, 0.1) is 5.92 Å². The van der Waals surface area contributed by atoms with Crippen LogP contribution in [-0.2, 0) is 0 Å². The van der Waals surface area contributed by atoms with Gasteiger partial charge in [-0.15, -0.1) is 0 Å². The lowest BCUT2D eigenvalue weighted by Crippen LogP contribution is -2.29. The highest BCUT2D eigenvalue weighted by atomic mass is 32.1. The van der Waals surface area contributed by atoms with Gasteiger partial charge in [0.25, 0.3) is 5.92 Å². The minimum atomic E-state index is -2.61. The first kappa shape index (κ1) is 12.2. The SMILES string of the molecule is CCCC(C)CC(F)(F)C(C)S. The molecule has 0 bridgehead atoms. The van der Waals surface area contributed by atoms with Crippen LogP contribution in [0.15, 0.2) is 0 Å². The van der Waals surface area contributed by atoms with Crippen LogP contribution in [0.25, 0.3) is 0 Å². The predicted octanol–water partition coefficient (Wildman–Crippen LogP) is 3.77. The zero-order chi connectivity index (χ0) is 9.78. The molecule has 0 aliphatic carbocycles. The van der Waals surface area contributed by atoms with Crippen molar-refractivity contribution in [2.45, 2.75) is 51.2 Å². The molecule has 0 saturated carbocycles. The third-order valence-electron chi connectivity index (χ3n) is 2.01. The van der Waals surface area contributed by atoms with E-state index >= 15 is 0 Å². The molecule has 0 aromatic carbocycles. The van der Waals surface area contributed by atoms with Gasteiger partial charge in [-0.25, -0.2) is 8.78 Å². The lowest BCUT2D eigenvalue weighted by Gasteiger charge is -2.23. The molecule has 0 aromatic rings. The molecular formula is C9H18F2S. The summed E-state index contributed by atoms with van der Waals surface area (Å²) in [6.45, 7) is 5.33. The molecule has 0 radical (unpaired) electrons. The Morgan fingerprint density at radius 1 is 1.33 bits per heavy atom. The topological polar surface area (TPSA) is 0 Å². The molecule has 0 saturated heterocycles. The normalized spacial score (nSPS) is 17.5. The van der Waals surface area contributed by atoms with Crippen LogP contribution in [-0.4, -0.2) is 11.2 Å². The third kappa shape index (κ3) is 4.29. The molecule has 12 heavy (non-hydrogen) atoms. The van der Waals surface area contributed by atoms with E-state index in [4.69, 9.17) is 0 Å². The van der Waals surface area contributed by atoms with E-state index in [1.807, 2.05) is 13.8 Å². The van der Waals surface area contributed by atoms with Crippen LogP contribution in [0.5, 0.6) is 0 Å². The molecule has 0 aliphatic heterocycles. The standard InChI is InChI=1S/C9H18F2S/c1-4-5-7(2)6-9(10,11)8(3)12/h7-8,12H,4-6H2,1-3H3. The summed E-state index contributed by atoms with van der Waals surface area (Å²) >= 11 is 3.77. The fraction of sp³-hybridized carbons (Fsp3) is 1.00. The number of rotatable bonds is 5. The molecule has 0 fully saturated rings. The van der Waals surface area contributed by atoms with Gasteiger partial charge >= 0.3 is 0 Å². The smallest absolute Gasteiger partial charge is 0.206 e. The van der Waals surface area contributed by atoms with Gasteiger partial charge in [-0.1, -0.05) is 26.7 Å². The fourth-order valence-electron chi connectivity index (χ4n) is 1.23. The van der Waals surface area contributed by atoms with Crippen LogP contribution >= 0.6 is 12.6 Å². The van der Waals surface area contributed by atoms with Gasteiger partial charge in [0.05, 0.1) is 5.25 Å². The summed E-state index contributed by atoms with van der Waals surface area (Å²) in [5.74, 6) is -2.52. The van der Waals surface area contributed by atoms with Crippen LogP contribution in [0.3, 0.4) is 0 Å². The molecule has 2 atom stereocenters. The van der Waals surface area contributed by atoms with Gasteiger partial charge < -0.3 is 0 Å². The molecule has 0 spiro atoms. The predicted molar refractivity (Wildman–Crippen MR) is 52.1 cm³/mol. The molecule has 0 nitrogen and oxygen atoms in total. The van der Waals surface area contributed by atoms with Crippen molar-refractivity contribution in [1.82, 2.24) is 0 Å². The number of hydrogen-bond donors (Lipinski definition) is 1. The second-order valence-electron chi connectivity index (χ2n) is 3.53. The summed E-state index contributed by atoms with van der Waals surface area (Å²) in [5.41, 5.74) is 0. The third-order valence-corrected chi connectivity index (χ3v) is 2.39. The van der Waals surface area contributed by atoms with Crippen LogP contribution in [0.2, 0.25) is 0 Å². The molecular weight excluding hydrogens is 178 g/mol. The quantitative estimate of drug-likeness (QED) is 0.636. The summed E-state index contributed by atoms with van der Waals surface area (Å²) in [7, 11) is 0. The minimum Gasteiger partial charge on any atom is -0.206 e. The lowest BCUT2D eigenvalue weighted by atomic mass is 9.97. The van der Waals surface area contributed by atoms with Crippen molar-refractivity contribution in [3.63, 3.8) is 0 Å². The molecule has 0 rings (SSSR count). The van der Waals surface area contributed by atoms with Gasteiger partial charge in [-0.05, 0) is 12.8 Å². The Morgan fingerprint density at radius 2 is 1.83 bits per heavy atom. The first-order valence-electron chi connectivity index (χ1n) is 4.46. The first-order valence-corrected chi connectivity index (χ1v) is 4.97. The van der Waals surface area contributed by atoms with Gasteiger partial charge in [-0.2, -0.15) is 12.6 Å². The Balaban J connectivity index is 3.88. The van der Waals surface area contributed by atoms with Gasteiger partial charge in [0.2, 0.25) is 0 Å². The summed E-state index contributed by atoms with van der Waals surface area (Å²) in [5, 5.41) is -0.836. The van der Waals surface area contributed by atoms with Gasteiger partial charge in [-0.3, -0.25) is 0 Å². The second-order valence-corrected chi connectivity index (χ2v) is 4.31. The Kier molecular flexibility index (Phi) is 5.14. The summed E-state index contributed by atoms with van der Waals surface area (Å²) in [6, 6.07) is 0. The van der Waals surface area contributed by atoms with Crippen LogP contribution < -0.4 is 0 Å². The van der Waals surface area contributed by atoms with Crippen molar-refractivity contribution in [3.8, 4) is 0 Å². The average molecular weight is 196 g/mol. The fourth-order valence-corrected chi connectivity index (χ4v) is 1.34. The van der Waals surface area contributed by atoms with Crippen LogP contribution in [0.1, 0.15) is 40.0 Å². The molecule has 0 heterocycles. The largest absolute Gasteiger partial charge is 0.259 e. The summed E-state index contributed by atoms with van der Waals surface area (Å²) in [6.07, 6.45) is 1.81. The van der Waals surface area contributed by atoms with E-state index in [0.717, 1.165) is 12.8 Å². The highest BCUT2D eigenvalue weighted by molar-refractivity contribution is 7.81. The molecule has 0 aromatic heterocycles. The van der Waals surface area contributed by atoms with Gasteiger partial charge in [0, 0.05) is 6.42 Å². The number of halogens is 2. The van der Waals surface area contributed by atoms with E-state index in [0.29, 0.717) is 0 Å². The minimum absolute atomic E-state index is 0.0362. The van der Waals surface area contributed by atoms with Crippen molar-refractivity contribution < 1.29 is 8.78 Å². The summed E-state index contributed by atoms with van der Waals surface area (Å²) in [4.78, 5) is 0.